The lowest BCUT2D eigenvalue weighted by atomic mass is 9.81. The SMILES string of the molecule is CCC(C)(CC#N)Cc1nc(-c2cc(C)ccn2)no1. The lowest BCUT2D eigenvalue weighted by molar-refractivity contribution is 0.266. The van der Waals surface area contributed by atoms with Gasteiger partial charge < -0.3 is 4.52 Å². The monoisotopic (exact) mass is 270 g/mol. The van der Waals surface area contributed by atoms with Crippen LogP contribution in [0, 0.1) is 23.7 Å². The number of nitrogens with zero attached hydrogens (tertiary/aromatic N) is 4. The molecule has 0 aromatic carbocycles. The van der Waals surface area contributed by atoms with E-state index in [4.69, 9.17) is 9.78 Å². The molecule has 104 valence electrons. The Kier molecular flexibility index (Phi) is 4.14. The first-order valence-corrected chi connectivity index (χ1v) is 6.69. The quantitative estimate of drug-likeness (QED) is 0.833. The van der Waals surface area contributed by atoms with Crippen LogP contribution in [0.4, 0.5) is 0 Å². The van der Waals surface area contributed by atoms with Crippen molar-refractivity contribution in [1.29, 1.82) is 5.26 Å². The van der Waals surface area contributed by atoms with Crippen LogP contribution in [0.1, 0.15) is 38.1 Å². The zero-order valence-corrected chi connectivity index (χ0v) is 12.1. The van der Waals surface area contributed by atoms with Crippen LogP contribution >= 0.6 is 0 Å². The fraction of sp³-hybridized carbons (Fsp3) is 0.467. The Morgan fingerprint density at radius 2 is 2.25 bits per heavy atom. The molecule has 0 saturated heterocycles. The Bertz CT molecular complexity index is 629. The summed E-state index contributed by atoms with van der Waals surface area (Å²) in [5, 5.41) is 12.9. The van der Waals surface area contributed by atoms with Gasteiger partial charge in [0.2, 0.25) is 11.7 Å². The van der Waals surface area contributed by atoms with E-state index in [1.807, 2.05) is 19.1 Å². The standard InChI is InChI=1S/C15H18N4O/c1-4-15(3,6-7-16)10-13-18-14(19-20-13)12-9-11(2)5-8-17-12/h5,8-9H,4,6,10H2,1-3H3. The molecule has 0 amide bonds. The summed E-state index contributed by atoms with van der Waals surface area (Å²) in [7, 11) is 0. The highest BCUT2D eigenvalue weighted by Gasteiger charge is 2.25. The van der Waals surface area contributed by atoms with E-state index < -0.39 is 0 Å². The van der Waals surface area contributed by atoms with Crippen LogP contribution in [0.25, 0.3) is 11.5 Å². The average Bonchev–Trinajstić information content (AvgIpc) is 2.87. The maximum absolute atomic E-state index is 8.90. The van der Waals surface area contributed by atoms with Crippen molar-refractivity contribution in [2.45, 2.75) is 40.0 Å². The fourth-order valence-corrected chi connectivity index (χ4v) is 1.96. The summed E-state index contributed by atoms with van der Waals surface area (Å²) in [6.45, 7) is 6.12. The second-order valence-electron chi connectivity index (χ2n) is 5.41. The largest absolute Gasteiger partial charge is 0.339 e. The zero-order chi connectivity index (χ0) is 14.6. The molecule has 0 fully saturated rings. The van der Waals surface area contributed by atoms with Crippen LogP contribution in [0.2, 0.25) is 0 Å². The first kappa shape index (κ1) is 14.2. The summed E-state index contributed by atoms with van der Waals surface area (Å²) in [6.07, 6.45) is 3.70. The van der Waals surface area contributed by atoms with Crippen molar-refractivity contribution >= 4 is 0 Å². The van der Waals surface area contributed by atoms with Gasteiger partial charge in [-0.15, -0.1) is 0 Å². The Hall–Kier alpha value is -2.22. The van der Waals surface area contributed by atoms with Crippen LogP contribution in [0.3, 0.4) is 0 Å². The highest BCUT2D eigenvalue weighted by molar-refractivity contribution is 5.48. The summed E-state index contributed by atoms with van der Waals surface area (Å²) in [4.78, 5) is 8.63. The van der Waals surface area contributed by atoms with Crippen LogP contribution in [0.15, 0.2) is 22.9 Å². The minimum Gasteiger partial charge on any atom is -0.339 e. The molecule has 2 aromatic heterocycles. The smallest absolute Gasteiger partial charge is 0.227 e. The molecule has 0 aliphatic heterocycles. The lowest BCUT2D eigenvalue weighted by Crippen LogP contribution is -2.18. The normalized spacial score (nSPS) is 13.7. The zero-order valence-electron chi connectivity index (χ0n) is 12.1. The number of aryl methyl sites for hydroxylation is 1. The van der Waals surface area contributed by atoms with Crippen molar-refractivity contribution in [3.63, 3.8) is 0 Å². The Balaban J connectivity index is 2.19. The van der Waals surface area contributed by atoms with E-state index in [1.165, 1.54) is 0 Å². The summed E-state index contributed by atoms with van der Waals surface area (Å²) in [5.41, 5.74) is 1.68. The van der Waals surface area contributed by atoms with Gasteiger partial charge in [-0.2, -0.15) is 10.2 Å². The second-order valence-corrected chi connectivity index (χ2v) is 5.41. The molecule has 0 aliphatic carbocycles. The molecule has 20 heavy (non-hydrogen) atoms. The van der Waals surface area contributed by atoms with Gasteiger partial charge >= 0.3 is 0 Å². The van der Waals surface area contributed by atoms with Crippen molar-refractivity contribution < 1.29 is 4.52 Å². The van der Waals surface area contributed by atoms with Crippen molar-refractivity contribution in [3.05, 3.63) is 29.8 Å². The van der Waals surface area contributed by atoms with Gasteiger partial charge in [-0.1, -0.05) is 19.0 Å². The lowest BCUT2D eigenvalue weighted by Gasteiger charge is -2.22. The highest BCUT2D eigenvalue weighted by atomic mass is 16.5. The van der Waals surface area contributed by atoms with E-state index in [2.05, 4.69) is 35.0 Å². The van der Waals surface area contributed by atoms with Crippen molar-refractivity contribution in [1.82, 2.24) is 15.1 Å². The molecule has 2 rings (SSSR count). The molecule has 0 radical (unpaired) electrons. The Morgan fingerprint density at radius 1 is 1.45 bits per heavy atom. The van der Waals surface area contributed by atoms with Gasteiger partial charge in [0, 0.05) is 19.0 Å². The Morgan fingerprint density at radius 3 is 2.90 bits per heavy atom. The maximum Gasteiger partial charge on any atom is 0.227 e. The van der Waals surface area contributed by atoms with E-state index in [9.17, 15) is 0 Å². The van der Waals surface area contributed by atoms with Gasteiger partial charge in [-0.3, -0.25) is 4.98 Å². The maximum atomic E-state index is 8.90. The molecule has 5 heteroatoms. The molecule has 2 heterocycles. The average molecular weight is 270 g/mol. The predicted octanol–water partition coefficient (Wildman–Crippen LogP) is 3.31. The molecule has 0 saturated carbocycles. The van der Waals surface area contributed by atoms with Crippen molar-refractivity contribution in [2.75, 3.05) is 0 Å². The fourth-order valence-electron chi connectivity index (χ4n) is 1.96. The first-order valence-electron chi connectivity index (χ1n) is 6.69. The predicted molar refractivity (Wildman–Crippen MR) is 74.6 cm³/mol. The van der Waals surface area contributed by atoms with Gasteiger partial charge in [0.05, 0.1) is 6.07 Å². The van der Waals surface area contributed by atoms with E-state index >= 15 is 0 Å². The number of hydrogen-bond donors (Lipinski definition) is 0. The number of aromatic nitrogens is 3. The molecular weight excluding hydrogens is 252 g/mol. The van der Waals surface area contributed by atoms with Gasteiger partial charge in [-0.05, 0) is 36.5 Å². The molecular formula is C15H18N4O. The number of nitriles is 1. The van der Waals surface area contributed by atoms with E-state index in [0.29, 0.717) is 30.3 Å². The molecule has 0 aliphatic rings. The van der Waals surface area contributed by atoms with Gasteiger partial charge in [0.15, 0.2) is 0 Å². The van der Waals surface area contributed by atoms with E-state index in [-0.39, 0.29) is 5.41 Å². The summed E-state index contributed by atoms with van der Waals surface area (Å²) in [5.74, 6) is 1.06. The van der Waals surface area contributed by atoms with Crippen LogP contribution < -0.4 is 0 Å². The van der Waals surface area contributed by atoms with Crippen molar-refractivity contribution in [2.24, 2.45) is 5.41 Å². The molecule has 0 spiro atoms. The number of pyridine rings is 1. The first-order chi connectivity index (χ1) is 9.56. The molecule has 0 bridgehead atoms. The third-order valence-corrected chi connectivity index (χ3v) is 3.55. The molecule has 5 nitrogen and oxygen atoms in total. The van der Waals surface area contributed by atoms with E-state index in [1.54, 1.807) is 6.20 Å². The number of rotatable bonds is 5. The summed E-state index contributed by atoms with van der Waals surface area (Å²) in [6, 6.07) is 6.06. The molecule has 2 aromatic rings. The van der Waals surface area contributed by atoms with Gasteiger partial charge in [0.25, 0.3) is 0 Å². The minimum absolute atomic E-state index is 0.126. The van der Waals surface area contributed by atoms with Crippen molar-refractivity contribution in [3.8, 4) is 17.6 Å². The van der Waals surface area contributed by atoms with Gasteiger partial charge in [-0.25, -0.2) is 0 Å². The summed E-state index contributed by atoms with van der Waals surface area (Å²) < 4.78 is 5.29. The molecule has 1 unspecified atom stereocenters. The minimum atomic E-state index is -0.126. The van der Waals surface area contributed by atoms with Gasteiger partial charge in [0.1, 0.15) is 5.69 Å². The third-order valence-electron chi connectivity index (χ3n) is 3.55. The summed E-state index contributed by atoms with van der Waals surface area (Å²) >= 11 is 0. The number of hydrogen-bond acceptors (Lipinski definition) is 5. The van der Waals surface area contributed by atoms with Crippen LogP contribution in [-0.2, 0) is 6.42 Å². The third kappa shape index (κ3) is 3.21. The van der Waals surface area contributed by atoms with Crippen LogP contribution in [0.5, 0.6) is 0 Å². The topological polar surface area (TPSA) is 75.6 Å². The molecule has 1 atom stereocenters. The van der Waals surface area contributed by atoms with E-state index in [0.717, 1.165) is 12.0 Å². The Labute approximate surface area is 118 Å². The second kappa shape index (κ2) is 5.83. The highest BCUT2D eigenvalue weighted by Crippen LogP contribution is 2.30. The molecule has 0 N–H and O–H groups in total. The van der Waals surface area contributed by atoms with Crippen LogP contribution in [-0.4, -0.2) is 15.1 Å².